The van der Waals surface area contributed by atoms with Gasteiger partial charge in [0.1, 0.15) is 0 Å². The number of ether oxygens (including phenoxy) is 1. The van der Waals surface area contributed by atoms with E-state index >= 15 is 0 Å². The molecule has 1 aromatic rings. The van der Waals surface area contributed by atoms with Crippen molar-refractivity contribution >= 4 is 29.3 Å². The standard InChI is InChI=1S/C13H16N2O3S/c1-2-18-13(17)4-3-12(16)15-7-8-19-11-5-6-14-9-10(11)15/h5-6,9H,2-4,7-8H2,1H3. The van der Waals surface area contributed by atoms with Gasteiger partial charge in [-0.1, -0.05) is 0 Å². The summed E-state index contributed by atoms with van der Waals surface area (Å²) in [5.41, 5.74) is 0.840. The minimum Gasteiger partial charge on any atom is -0.466 e. The molecule has 0 aliphatic carbocycles. The molecular weight excluding hydrogens is 264 g/mol. The Morgan fingerprint density at radius 2 is 2.32 bits per heavy atom. The van der Waals surface area contributed by atoms with Crippen LogP contribution in [0.3, 0.4) is 0 Å². The summed E-state index contributed by atoms with van der Waals surface area (Å²) in [7, 11) is 0. The molecule has 1 aromatic heterocycles. The fourth-order valence-corrected chi connectivity index (χ4v) is 2.86. The predicted molar refractivity (Wildman–Crippen MR) is 73.2 cm³/mol. The number of carbonyl (C=O) groups is 2. The number of hydrogen-bond donors (Lipinski definition) is 0. The number of carbonyl (C=O) groups excluding carboxylic acids is 2. The lowest BCUT2D eigenvalue weighted by Gasteiger charge is -2.28. The van der Waals surface area contributed by atoms with Gasteiger partial charge < -0.3 is 9.64 Å². The minimum absolute atomic E-state index is 0.0531. The minimum atomic E-state index is -0.325. The van der Waals surface area contributed by atoms with E-state index in [1.807, 2.05) is 6.07 Å². The van der Waals surface area contributed by atoms with Gasteiger partial charge in [-0.05, 0) is 13.0 Å². The third kappa shape index (κ3) is 3.47. The molecule has 0 fully saturated rings. The van der Waals surface area contributed by atoms with Crippen molar-refractivity contribution in [2.45, 2.75) is 24.7 Å². The van der Waals surface area contributed by atoms with Crippen LogP contribution in [0, 0.1) is 0 Å². The zero-order chi connectivity index (χ0) is 13.7. The Morgan fingerprint density at radius 3 is 3.11 bits per heavy atom. The molecule has 19 heavy (non-hydrogen) atoms. The zero-order valence-corrected chi connectivity index (χ0v) is 11.6. The van der Waals surface area contributed by atoms with Crippen LogP contribution < -0.4 is 4.90 Å². The number of aromatic nitrogens is 1. The molecule has 0 spiro atoms. The second-order valence-electron chi connectivity index (χ2n) is 4.04. The van der Waals surface area contributed by atoms with E-state index in [2.05, 4.69) is 4.98 Å². The number of nitrogens with zero attached hydrogens (tertiary/aromatic N) is 2. The first kappa shape index (κ1) is 13.9. The highest BCUT2D eigenvalue weighted by Gasteiger charge is 2.23. The summed E-state index contributed by atoms with van der Waals surface area (Å²) >= 11 is 1.72. The second kappa shape index (κ2) is 6.56. The van der Waals surface area contributed by atoms with E-state index in [0.717, 1.165) is 16.3 Å². The van der Waals surface area contributed by atoms with E-state index in [1.165, 1.54) is 0 Å². The highest BCUT2D eigenvalue weighted by Crippen LogP contribution is 2.33. The van der Waals surface area contributed by atoms with E-state index in [0.29, 0.717) is 13.2 Å². The summed E-state index contributed by atoms with van der Waals surface area (Å²) in [5, 5.41) is 0. The molecule has 2 heterocycles. The van der Waals surface area contributed by atoms with Crippen molar-refractivity contribution in [3.8, 4) is 0 Å². The number of rotatable bonds is 4. The number of anilines is 1. The number of pyridine rings is 1. The van der Waals surface area contributed by atoms with Crippen LogP contribution in [-0.4, -0.2) is 35.8 Å². The average Bonchev–Trinajstić information content (AvgIpc) is 2.44. The van der Waals surface area contributed by atoms with Crippen molar-refractivity contribution in [1.82, 2.24) is 4.98 Å². The molecule has 1 aliphatic heterocycles. The van der Waals surface area contributed by atoms with Crippen LogP contribution in [0.25, 0.3) is 0 Å². The van der Waals surface area contributed by atoms with Crippen LogP contribution in [0.2, 0.25) is 0 Å². The first-order chi connectivity index (χ1) is 9.22. The first-order valence-electron chi connectivity index (χ1n) is 6.25. The second-order valence-corrected chi connectivity index (χ2v) is 5.18. The van der Waals surface area contributed by atoms with Gasteiger partial charge in [0.05, 0.1) is 24.9 Å². The molecule has 102 valence electrons. The molecule has 2 rings (SSSR count). The molecule has 0 N–H and O–H groups in total. The van der Waals surface area contributed by atoms with E-state index < -0.39 is 0 Å². The van der Waals surface area contributed by atoms with Crippen molar-refractivity contribution in [3.63, 3.8) is 0 Å². The van der Waals surface area contributed by atoms with Crippen LogP contribution >= 0.6 is 11.8 Å². The number of thioether (sulfide) groups is 1. The van der Waals surface area contributed by atoms with Crippen molar-refractivity contribution in [1.29, 1.82) is 0 Å². The molecular formula is C13H16N2O3S. The third-order valence-corrected chi connectivity index (χ3v) is 3.82. The summed E-state index contributed by atoms with van der Waals surface area (Å²) < 4.78 is 4.82. The van der Waals surface area contributed by atoms with Gasteiger partial charge in [0.15, 0.2) is 0 Å². The van der Waals surface area contributed by atoms with Crippen molar-refractivity contribution in [2.24, 2.45) is 0 Å². The van der Waals surface area contributed by atoms with Crippen molar-refractivity contribution in [2.75, 3.05) is 23.8 Å². The first-order valence-corrected chi connectivity index (χ1v) is 7.23. The number of esters is 1. The summed E-state index contributed by atoms with van der Waals surface area (Å²) in [6.45, 7) is 2.76. The van der Waals surface area contributed by atoms with Gasteiger partial charge in [-0.2, -0.15) is 0 Å². The topological polar surface area (TPSA) is 59.5 Å². The summed E-state index contributed by atoms with van der Waals surface area (Å²) in [4.78, 5) is 30.2. The average molecular weight is 280 g/mol. The maximum Gasteiger partial charge on any atom is 0.306 e. The Morgan fingerprint density at radius 1 is 1.47 bits per heavy atom. The predicted octanol–water partition coefficient (Wildman–Crippen LogP) is 1.86. The highest BCUT2D eigenvalue weighted by atomic mass is 32.2. The molecule has 0 unspecified atom stereocenters. The van der Waals surface area contributed by atoms with Gasteiger partial charge in [0.25, 0.3) is 0 Å². The van der Waals surface area contributed by atoms with Crippen LogP contribution in [-0.2, 0) is 14.3 Å². The van der Waals surface area contributed by atoms with Crippen LogP contribution in [0.15, 0.2) is 23.4 Å². The summed E-state index contributed by atoms with van der Waals surface area (Å²) in [6, 6.07) is 1.91. The molecule has 0 bridgehead atoms. The quantitative estimate of drug-likeness (QED) is 0.788. The zero-order valence-electron chi connectivity index (χ0n) is 10.8. The summed E-state index contributed by atoms with van der Waals surface area (Å²) in [5.74, 6) is 0.485. The fourth-order valence-electron chi connectivity index (χ4n) is 1.90. The van der Waals surface area contributed by atoms with Crippen LogP contribution in [0.5, 0.6) is 0 Å². The Labute approximate surface area is 116 Å². The monoisotopic (exact) mass is 280 g/mol. The number of amides is 1. The SMILES string of the molecule is CCOC(=O)CCC(=O)N1CCSc2ccncc21. The van der Waals surface area contributed by atoms with Crippen molar-refractivity contribution < 1.29 is 14.3 Å². The van der Waals surface area contributed by atoms with Gasteiger partial charge >= 0.3 is 5.97 Å². The normalized spacial score (nSPS) is 13.8. The van der Waals surface area contributed by atoms with Crippen LogP contribution in [0.4, 0.5) is 5.69 Å². The van der Waals surface area contributed by atoms with E-state index in [9.17, 15) is 9.59 Å². The Balaban J connectivity index is 1.99. The molecule has 0 radical (unpaired) electrons. The lowest BCUT2D eigenvalue weighted by Crippen LogP contribution is -2.35. The molecule has 1 aliphatic rings. The number of fused-ring (bicyclic) bond motifs is 1. The van der Waals surface area contributed by atoms with E-state index in [1.54, 1.807) is 36.0 Å². The molecule has 0 saturated heterocycles. The highest BCUT2D eigenvalue weighted by molar-refractivity contribution is 7.99. The van der Waals surface area contributed by atoms with E-state index in [4.69, 9.17) is 4.74 Å². The molecule has 0 atom stereocenters. The maximum absolute atomic E-state index is 12.2. The van der Waals surface area contributed by atoms with Gasteiger partial charge in [-0.25, -0.2) is 0 Å². The summed E-state index contributed by atoms with van der Waals surface area (Å²) in [6.07, 6.45) is 3.73. The van der Waals surface area contributed by atoms with Crippen LogP contribution in [0.1, 0.15) is 19.8 Å². The lowest BCUT2D eigenvalue weighted by atomic mass is 10.2. The molecule has 6 heteroatoms. The van der Waals surface area contributed by atoms with E-state index in [-0.39, 0.29) is 24.7 Å². The maximum atomic E-state index is 12.2. The largest absolute Gasteiger partial charge is 0.466 e. The van der Waals surface area contributed by atoms with Crippen molar-refractivity contribution in [3.05, 3.63) is 18.5 Å². The Kier molecular flexibility index (Phi) is 4.79. The molecule has 0 saturated carbocycles. The van der Waals surface area contributed by atoms with Gasteiger partial charge in [-0.3, -0.25) is 14.6 Å². The third-order valence-electron chi connectivity index (χ3n) is 2.77. The molecule has 1 amide bonds. The van der Waals surface area contributed by atoms with Gasteiger partial charge in [0, 0.05) is 29.8 Å². The van der Waals surface area contributed by atoms with Gasteiger partial charge in [0.2, 0.25) is 5.91 Å². The number of hydrogen-bond acceptors (Lipinski definition) is 5. The van der Waals surface area contributed by atoms with Gasteiger partial charge in [-0.15, -0.1) is 11.8 Å². The Hall–Kier alpha value is -1.56. The Bertz CT molecular complexity index is 479. The smallest absolute Gasteiger partial charge is 0.306 e. The molecule has 5 nitrogen and oxygen atoms in total. The lowest BCUT2D eigenvalue weighted by molar-refractivity contribution is -0.144. The molecule has 0 aromatic carbocycles. The fraction of sp³-hybridized carbons (Fsp3) is 0.462.